The van der Waals surface area contributed by atoms with Crippen molar-refractivity contribution in [2.24, 2.45) is 11.3 Å². The van der Waals surface area contributed by atoms with Gasteiger partial charge in [-0.25, -0.2) is 0 Å². The van der Waals surface area contributed by atoms with Gasteiger partial charge in [0.15, 0.2) is 5.82 Å². The van der Waals surface area contributed by atoms with Crippen LogP contribution in [0.15, 0.2) is 23.5 Å². The number of nitrogens with one attached hydrogen (secondary N) is 3. The number of allylic oxidation sites excluding steroid dienone is 2. The molecule has 5 N–H and O–H groups in total. The summed E-state index contributed by atoms with van der Waals surface area (Å²) in [4.78, 5) is 11.9. The average molecular weight is 350 g/mol. The first-order valence-corrected chi connectivity index (χ1v) is 8.27. The van der Waals surface area contributed by atoms with E-state index in [1.54, 1.807) is 0 Å². The van der Waals surface area contributed by atoms with Crippen molar-refractivity contribution in [2.45, 2.75) is 33.1 Å². The fourth-order valence-corrected chi connectivity index (χ4v) is 3.09. The van der Waals surface area contributed by atoms with Gasteiger partial charge in [-0.2, -0.15) is 5.21 Å². The van der Waals surface area contributed by atoms with Crippen molar-refractivity contribution < 1.29 is 15.0 Å². The van der Waals surface area contributed by atoms with Crippen LogP contribution in [0.5, 0.6) is 0 Å². The van der Waals surface area contributed by atoms with Gasteiger partial charge in [0.25, 0.3) is 0 Å². The summed E-state index contributed by atoms with van der Waals surface area (Å²) in [5.41, 5.74) is 0.601. The van der Waals surface area contributed by atoms with E-state index in [1.165, 1.54) is 0 Å². The Balaban J connectivity index is 2.22. The topological polar surface area (TPSA) is 136 Å². The molecule has 0 unspecified atom stereocenters. The summed E-state index contributed by atoms with van der Waals surface area (Å²) in [5, 5.41) is 39.0. The minimum absolute atomic E-state index is 0.0569. The van der Waals surface area contributed by atoms with E-state index in [1.807, 2.05) is 32.9 Å². The van der Waals surface area contributed by atoms with Gasteiger partial charge in [-0.3, -0.25) is 4.79 Å². The van der Waals surface area contributed by atoms with Crippen LogP contribution in [0, 0.1) is 11.3 Å². The van der Waals surface area contributed by atoms with E-state index in [4.69, 9.17) is 5.11 Å². The molecule has 1 aromatic heterocycles. The van der Waals surface area contributed by atoms with Crippen molar-refractivity contribution in [1.82, 2.24) is 31.3 Å². The van der Waals surface area contributed by atoms with Crippen LogP contribution in [0.3, 0.4) is 0 Å². The number of tetrazole rings is 1. The number of aromatic amines is 1. The molecule has 0 spiro atoms. The maximum absolute atomic E-state index is 11.9. The van der Waals surface area contributed by atoms with Gasteiger partial charge in [-0.1, -0.05) is 37.6 Å². The van der Waals surface area contributed by atoms with Crippen LogP contribution in [-0.4, -0.2) is 56.5 Å². The Bertz CT molecular complexity index is 633. The van der Waals surface area contributed by atoms with Gasteiger partial charge in [0.05, 0.1) is 18.3 Å². The number of rotatable bonds is 8. The molecule has 0 aromatic carbocycles. The van der Waals surface area contributed by atoms with Crippen molar-refractivity contribution >= 4 is 5.97 Å². The highest BCUT2D eigenvalue weighted by Crippen LogP contribution is 2.40. The van der Waals surface area contributed by atoms with E-state index in [2.05, 4.69) is 31.3 Å². The third kappa shape index (κ3) is 5.02. The number of aromatic nitrogens is 4. The zero-order valence-corrected chi connectivity index (χ0v) is 14.8. The van der Waals surface area contributed by atoms with Crippen LogP contribution >= 0.6 is 0 Å². The summed E-state index contributed by atoms with van der Waals surface area (Å²) >= 11 is 0. The van der Waals surface area contributed by atoms with Crippen molar-refractivity contribution in [3.63, 3.8) is 0 Å². The minimum Gasteiger partial charge on any atom is -0.481 e. The van der Waals surface area contributed by atoms with Gasteiger partial charge in [-0.05, 0) is 17.9 Å². The quantitative estimate of drug-likeness (QED) is 0.454. The summed E-state index contributed by atoms with van der Waals surface area (Å²) in [6.07, 6.45) is 4.37. The third-order valence-electron chi connectivity index (χ3n) is 4.20. The number of nitrogens with zero attached hydrogens (tertiary/aromatic N) is 3. The number of carbonyl (C=O) groups is 1. The second-order valence-electron chi connectivity index (χ2n) is 7.17. The Morgan fingerprint density at radius 3 is 2.64 bits per heavy atom. The van der Waals surface area contributed by atoms with Gasteiger partial charge in [-0.15, -0.1) is 10.2 Å². The molecule has 1 aromatic rings. The molecular weight excluding hydrogens is 324 g/mol. The molecular formula is C16H26N6O3. The highest BCUT2D eigenvalue weighted by Gasteiger charge is 2.41. The van der Waals surface area contributed by atoms with E-state index in [0.29, 0.717) is 25.3 Å². The number of carboxylic acids is 1. The van der Waals surface area contributed by atoms with Gasteiger partial charge in [0.1, 0.15) is 0 Å². The van der Waals surface area contributed by atoms with Gasteiger partial charge in [0.2, 0.25) is 0 Å². The summed E-state index contributed by atoms with van der Waals surface area (Å²) in [5.74, 6) is -0.656. The molecule has 2 rings (SSSR count). The number of aliphatic hydroxyl groups excluding tert-OH is 1. The van der Waals surface area contributed by atoms with Crippen LogP contribution in [0.25, 0.3) is 0 Å². The smallest absolute Gasteiger partial charge is 0.307 e. The number of carboxylic acid groups (broad SMARTS) is 1. The molecule has 2 heterocycles. The molecule has 9 nitrogen and oxygen atoms in total. The van der Waals surface area contributed by atoms with Crippen LogP contribution in [0.2, 0.25) is 0 Å². The maximum Gasteiger partial charge on any atom is 0.307 e. The number of hydrogen-bond acceptors (Lipinski definition) is 7. The van der Waals surface area contributed by atoms with Crippen molar-refractivity contribution in [3.8, 4) is 0 Å². The standard InChI is InChI=1S/C16H26N6O3/c1-16(2,3)13(15(24)25)11(14-19-21-22-20-14)8-10-4-5-12(18-9-10)17-6-7-23/h4-5,11,13,17-18,23H,6-9H2,1-3H3,(H,24,25)(H,19,20,21,22)/t11-,13-/m0/s1. The van der Waals surface area contributed by atoms with Crippen LogP contribution in [0.4, 0.5) is 0 Å². The lowest BCUT2D eigenvalue weighted by molar-refractivity contribution is -0.146. The lowest BCUT2D eigenvalue weighted by Gasteiger charge is -2.33. The highest BCUT2D eigenvalue weighted by molar-refractivity contribution is 5.72. The summed E-state index contributed by atoms with van der Waals surface area (Å²) in [7, 11) is 0. The number of hydrogen-bond donors (Lipinski definition) is 5. The predicted octanol–water partition coefficient (Wildman–Crippen LogP) is 0.373. The van der Waals surface area contributed by atoms with Crippen molar-refractivity contribution in [3.05, 3.63) is 29.4 Å². The molecule has 25 heavy (non-hydrogen) atoms. The molecule has 0 radical (unpaired) electrons. The van der Waals surface area contributed by atoms with Crippen LogP contribution in [-0.2, 0) is 4.79 Å². The third-order valence-corrected chi connectivity index (χ3v) is 4.20. The maximum atomic E-state index is 11.9. The molecule has 138 valence electrons. The summed E-state index contributed by atoms with van der Waals surface area (Å²) in [6, 6.07) is 0. The second-order valence-corrected chi connectivity index (χ2v) is 7.17. The molecule has 0 fully saturated rings. The van der Waals surface area contributed by atoms with E-state index in [0.717, 1.165) is 11.4 Å². The Kier molecular flexibility index (Phi) is 6.13. The first-order valence-electron chi connectivity index (χ1n) is 8.27. The minimum atomic E-state index is -0.868. The van der Waals surface area contributed by atoms with Crippen LogP contribution < -0.4 is 10.6 Å². The number of aliphatic carboxylic acids is 1. The Morgan fingerprint density at radius 1 is 1.40 bits per heavy atom. The molecule has 1 aliphatic rings. The first kappa shape index (κ1) is 18.9. The van der Waals surface area contributed by atoms with Gasteiger partial charge >= 0.3 is 5.97 Å². The normalized spacial score (nSPS) is 17.1. The lowest BCUT2D eigenvalue weighted by atomic mass is 9.70. The number of dihydropyridines is 1. The fourth-order valence-electron chi connectivity index (χ4n) is 3.09. The van der Waals surface area contributed by atoms with Crippen LogP contribution in [0.1, 0.15) is 38.9 Å². The largest absolute Gasteiger partial charge is 0.481 e. The SMILES string of the molecule is CC(C)(C)[C@H](C(=O)O)[C@H](CC1=CC=C(NCCO)NC1)c1nn[nH]n1. The van der Waals surface area contributed by atoms with E-state index >= 15 is 0 Å². The average Bonchev–Trinajstić information content (AvgIpc) is 3.06. The Labute approximate surface area is 146 Å². The summed E-state index contributed by atoms with van der Waals surface area (Å²) < 4.78 is 0. The Morgan fingerprint density at radius 2 is 2.16 bits per heavy atom. The fraction of sp³-hybridized carbons (Fsp3) is 0.625. The van der Waals surface area contributed by atoms with Gasteiger partial charge in [0, 0.05) is 19.0 Å². The van der Waals surface area contributed by atoms with Crippen molar-refractivity contribution in [1.29, 1.82) is 0 Å². The van der Waals surface area contributed by atoms with E-state index < -0.39 is 17.3 Å². The number of H-pyrrole nitrogens is 1. The lowest BCUT2D eigenvalue weighted by Crippen LogP contribution is -2.36. The number of aliphatic hydroxyl groups is 1. The summed E-state index contributed by atoms with van der Waals surface area (Å²) in [6.45, 7) is 6.84. The van der Waals surface area contributed by atoms with Gasteiger partial charge < -0.3 is 20.8 Å². The zero-order valence-electron chi connectivity index (χ0n) is 14.8. The first-order chi connectivity index (χ1) is 11.8. The molecule has 9 heteroatoms. The molecule has 0 aliphatic carbocycles. The second kappa shape index (κ2) is 8.11. The molecule has 0 bridgehead atoms. The molecule has 0 saturated heterocycles. The zero-order chi connectivity index (χ0) is 18.4. The monoisotopic (exact) mass is 350 g/mol. The highest BCUT2D eigenvalue weighted by atomic mass is 16.4. The molecule has 0 amide bonds. The predicted molar refractivity (Wildman–Crippen MR) is 91.4 cm³/mol. The van der Waals surface area contributed by atoms with E-state index in [-0.39, 0.29) is 12.5 Å². The molecule has 2 atom stereocenters. The Hall–Kier alpha value is -2.42. The van der Waals surface area contributed by atoms with Crippen molar-refractivity contribution in [2.75, 3.05) is 19.7 Å². The molecule has 1 aliphatic heterocycles. The molecule has 0 saturated carbocycles. The van der Waals surface area contributed by atoms with E-state index in [9.17, 15) is 9.90 Å².